The van der Waals surface area contributed by atoms with Gasteiger partial charge in [-0.2, -0.15) is 0 Å². The predicted octanol–water partition coefficient (Wildman–Crippen LogP) is 4.64. The molecule has 1 atom stereocenters. The number of aryl methyl sites for hydroxylation is 2. The topological polar surface area (TPSA) is 67.4 Å². The van der Waals surface area contributed by atoms with E-state index < -0.39 is 11.8 Å². The van der Waals surface area contributed by atoms with Crippen LogP contribution in [0.15, 0.2) is 36.4 Å². The highest BCUT2D eigenvalue weighted by atomic mass is 16.5. The number of amides is 2. The third kappa shape index (κ3) is 5.12. The van der Waals surface area contributed by atoms with Crippen molar-refractivity contribution >= 4 is 17.5 Å². The number of benzene rings is 2. The molecule has 2 aromatic rings. The molecule has 2 rings (SSSR count). The van der Waals surface area contributed by atoms with Gasteiger partial charge in [0.15, 0.2) is 0 Å². The highest BCUT2D eigenvalue weighted by Gasteiger charge is 2.21. The summed E-state index contributed by atoms with van der Waals surface area (Å²) in [7, 11) is 0. The fourth-order valence-electron chi connectivity index (χ4n) is 3.15. The molecule has 0 radical (unpaired) electrons. The highest BCUT2D eigenvalue weighted by Crippen LogP contribution is 2.28. The van der Waals surface area contributed by atoms with E-state index in [1.807, 2.05) is 64.1 Å². The molecule has 0 aliphatic carbocycles. The molecule has 0 fully saturated rings. The van der Waals surface area contributed by atoms with Crippen molar-refractivity contribution in [3.05, 3.63) is 58.7 Å². The number of para-hydroxylation sites is 1. The van der Waals surface area contributed by atoms with Crippen LogP contribution in [0.1, 0.15) is 61.9 Å². The Hall–Kier alpha value is -2.82. The summed E-state index contributed by atoms with van der Waals surface area (Å²) in [4.78, 5) is 25.0. The lowest BCUT2D eigenvalue weighted by Gasteiger charge is -2.19. The second kappa shape index (κ2) is 9.40. The lowest BCUT2D eigenvalue weighted by Crippen LogP contribution is -2.37. The molecule has 0 aliphatic heterocycles. The van der Waals surface area contributed by atoms with Gasteiger partial charge in [0.2, 0.25) is 0 Å². The maximum atomic E-state index is 12.5. The van der Waals surface area contributed by atoms with E-state index >= 15 is 0 Å². The molecule has 0 saturated heterocycles. The lowest BCUT2D eigenvalue weighted by molar-refractivity contribution is -0.136. The first-order valence-corrected chi connectivity index (χ1v) is 9.69. The van der Waals surface area contributed by atoms with Gasteiger partial charge >= 0.3 is 11.8 Å². The average Bonchev–Trinajstić information content (AvgIpc) is 2.64. The van der Waals surface area contributed by atoms with Crippen molar-refractivity contribution in [2.75, 3.05) is 11.9 Å². The SMILES string of the molecule is CCOc1ccc(C)cc1C(C)NC(=O)C(=O)Nc1c(C)cccc1C(C)C. The summed E-state index contributed by atoms with van der Waals surface area (Å²) in [5, 5.41) is 5.57. The molecule has 1 unspecified atom stereocenters. The number of nitrogens with one attached hydrogen (secondary N) is 2. The Labute approximate surface area is 167 Å². The zero-order chi connectivity index (χ0) is 20.8. The van der Waals surface area contributed by atoms with Gasteiger partial charge < -0.3 is 15.4 Å². The third-order valence-corrected chi connectivity index (χ3v) is 4.65. The van der Waals surface area contributed by atoms with E-state index in [1.54, 1.807) is 0 Å². The van der Waals surface area contributed by atoms with E-state index in [0.29, 0.717) is 18.0 Å². The number of carbonyl (C=O) groups is 2. The van der Waals surface area contributed by atoms with Crippen molar-refractivity contribution in [2.45, 2.75) is 53.5 Å². The van der Waals surface area contributed by atoms with Crippen LogP contribution >= 0.6 is 0 Å². The van der Waals surface area contributed by atoms with Gasteiger partial charge in [0.1, 0.15) is 5.75 Å². The number of hydrogen-bond donors (Lipinski definition) is 2. The van der Waals surface area contributed by atoms with Crippen molar-refractivity contribution in [1.82, 2.24) is 5.32 Å². The number of rotatable bonds is 6. The van der Waals surface area contributed by atoms with Gasteiger partial charge in [-0.15, -0.1) is 0 Å². The molecule has 5 nitrogen and oxygen atoms in total. The number of anilines is 1. The monoisotopic (exact) mass is 382 g/mol. The van der Waals surface area contributed by atoms with E-state index in [9.17, 15) is 9.59 Å². The van der Waals surface area contributed by atoms with Gasteiger partial charge in [-0.25, -0.2) is 0 Å². The smallest absolute Gasteiger partial charge is 0.313 e. The quantitative estimate of drug-likeness (QED) is 0.715. The summed E-state index contributed by atoms with van der Waals surface area (Å²) in [6.07, 6.45) is 0. The first-order chi connectivity index (χ1) is 13.2. The Kier molecular flexibility index (Phi) is 7.21. The summed E-state index contributed by atoms with van der Waals surface area (Å²) in [5.74, 6) is -0.399. The zero-order valence-corrected chi connectivity index (χ0v) is 17.6. The molecule has 0 aliphatic rings. The average molecular weight is 383 g/mol. The summed E-state index contributed by atoms with van der Waals surface area (Å²) in [6.45, 7) is 12.3. The third-order valence-electron chi connectivity index (χ3n) is 4.65. The number of carbonyl (C=O) groups excluding carboxylic acids is 2. The Bertz CT molecular complexity index is 859. The van der Waals surface area contributed by atoms with Crippen LogP contribution in [0, 0.1) is 13.8 Å². The van der Waals surface area contributed by atoms with Crippen LogP contribution in [0.2, 0.25) is 0 Å². The van der Waals surface area contributed by atoms with Crippen LogP contribution < -0.4 is 15.4 Å². The van der Waals surface area contributed by atoms with Gasteiger partial charge in [-0.3, -0.25) is 9.59 Å². The van der Waals surface area contributed by atoms with E-state index in [1.165, 1.54) is 0 Å². The van der Waals surface area contributed by atoms with E-state index in [0.717, 1.165) is 22.3 Å². The first kappa shape index (κ1) is 21.5. The molecule has 28 heavy (non-hydrogen) atoms. The van der Waals surface area contributed by atoms with Crippen LogP contribution in [0.5, 0.6) is 5.75 Å². The summed E-state index contributed by atoms with van der Waals surface area (Å²) in [5.41, 5.74) is 4.55. The van der Waals surface area contributed by atoms with Crippen molar-refractivity contribution in [1.29, 1.82) is 0 Å². The van der Waals surface area contributed by atoms with Gasteiger partial charge in [0.05, 0.1) is 12.6 Å². The van der Waals surface area contributed by atoms with Gasteiger partial charge in [-0.1, -0.05) is 49.7 Å². The van der Waals surface area contributed by atoms with E-state index in [2.05, 4.69) is 24.5 Å². The van der Waals surface area contributed by atoms with Crippen LogP contribution in [-0.2, 0) is 9.59 Å². The van der Waals surface area contributed by atoms with Crippen LogP contribution in [0.3, 0.4) is 0 Å². The van der Waals surface area contributed by atoms with Gasteiger partial charge in [0.25, 0.3) is 0 Å². The molecule has 0 aromatic heterocycles. The molecule has 5 heteroatoms. The fourth-order valence-corrected chi connectivity index (χ4v) is 3.15. The summed E-state index contributed by atoms with van der Waals surface area (Å²) >= 11 is 0. The van der Waals surface area contributed by atoms with Crippen LogP contribution in [0.4, 0.5) is 5.69 Å². The Morgan fingerprint density at radius 2 is 1.71 bits per heavy atom. The van der Waals surface area contributed by atoms with E-state index in [-0.39, 0.29) is 12.0 Å². The van der Waals surface area contributed by atoms with Gasteiger partial charge in [-0.05, 0) is 50.8 Å². The number of hydrogen-bond acceptors (Lipinski definition) is 3. The summed E-state index contributed by atoms with van der Waals surface area (Å²) < 4.78 is 5.66. The van der Waals surface area contributed by atoms with E-state index in [4.69, 9.17) is 4.74 Å². The molecular formula is C23H30N2O3. The minimum Gasteiger partial charge on any atom is -0.494 e. The van der Waals surface area contributed by atoms with Crippen molar-refractivity contribution < 1.29 is 14.3 Å². The lowest BCUT2D eigenvalue weighted by atomic mass is 9.98. The molecule has 2 N–H and O–H groups in total. The molecule has 0 bridgehead atoms. The molecule has 2 aromatic carbocycles. The summed E-state index contributed by atoms with van der Waals surface area (Å²) in [6, 6.07) is 11.3. The van der Waals surface area contributed by atoms with Crippen LogP contribution in [-0.4, -0.2) is 18.4 Å². The van der Waals surface area contributed by atoms with Crippen LogP contribution in [0.25, 0.3) is 0 Å². The molecule has 150 valence electrons. The molecule has 2 amide bonds. The second-order valence-corrected chi connectivity index (χ2v) is 7.32. The molecular weight excluding hydrogens is 352 g/mol. The Balaban J connectivity index is 2.16. The minimum atomic E-state index is -0.673. The maximum Gasteiger partial charge on any atom is 0.313 e. The van der Waals surface area contributed by atoms with Crippen molar-refractivity contribution in [2.24, 2.45) is 0 Å². The number of ether oxygens (including phenoxy) is 1. The first-order valence-electron chi connectivity index (χ1n) is 9.69. The van der Waals surface area contributed by atoms with Gasteiger partial charge in [0, 0.05) is 11.3 Å². The second-order valence-electron chi connectivity index (χ2n) is 7.32. The predicted molar refractivity (Wildman–Crippen MR) is 113 cm³/mol. The highest BCUT2D eigenvalue weighted by molar-refractivity contribution is 6.39. The van der Waals surface area contributed by atoms with Crippen molar-refractivity contribution in [3.63, 3.8) is 0 Å². The Morgan fingerprint density at radius 1 is 1.00 bits per heavy atom. The largest absolute Gasteiger partial charge is 0.494 e. The minimum absolute atomic E-state index is 0.234. The Morgan fingerprint density at radius 3 is 2.36 bits per heavy atom. The van der Waals surface area contributed by atoms with Crippen molar-refractivity contribution in [3.8, 4) is 5.75 Å². The normalized spacial score (nSPS) is 11.8. The zero-order valence-electron chi connectivity index (χ0n) is 17.6. The molecule has 0 saturated carbocycles. The standard InChI is InChI=1S/C23H30N2O3/c1-7-28-20-12-11-15(4)13-19(20)17(6)24-22(26)23(27)25-21-16(5)9-8-10-18(21)14(2)3/h8-14,17H,7H2,1-6H3,(H,24,26)(H,25,27). The molecule has 0 spiro atoms. The molecule has 0 heterocycles. The fraction of sp³-hybridized carbons (Fsp3) is 0.391. The maximum absolute atomic E-state index is 12.5.